The average Bonchev–Trinajstić information content (AvgIpc) is 2.97. The smallest absolute Gasteiger partial charge is 0.132 e. The minimum atomic E-state index is 0.433. The van der Waals surface area contributed by atoms with Crippen molar-refractivity contribution in [3.05, 3.63) is 0 Å². The van der Waals surface area contributed by atoms with Gasteiger partial charge in [-0.15, -0.1) is 0 Å². The standard InChI is InChI=1S/C38H75NO2/c1-3-5-7-9-11-13-15-17-19-21-23-25-27-31-37(40)33-29-35-39-36-30-34-38(41)32-28-26-24-22-20-18-16-14-12-10-8-6-4-2/h39H,3-36H2,1-2H3. The van der Waals surface area contributed by atoms with Crippen LogP contribution < -0.4 is 5.32 Å². The molecule has 0 bridgehead atoms. The molecule has 244 valence electrons. The van der Waals surface area contributed by atoms with Gasteiger partial charge in [0.05, 0.1) is 0 Å². The van der Waals surface area contributed by atoms with E-state index in [1.807, 2.05) is 0 Å². The second kappa shape index (κ2) is 35.5. The van der Waals surface area contributed by atoms with Crippen molar-refractivity contribution in [1.82, 2.24) is 5.32 Å². The normalized spacial score (nSPS) is 11.4. The highest BCUT2D eigenvalue weighted by atomic mass is 16.1. The van der Waals surface area contributed by atoms with Gasteiger partial charge in [-0.1, -0.05) is 168 Å². The Hall–Kier alpha value is -0.700. The van der Waals surface area contributed by atoms with Gasteiger partial charge in [0.25, 0.3) is 0 Å². The predicted molar refractivity (Wildman–Crippen MR) is 182 cm³/mol. The lowest BCUT2D eigenvalue weighted by atomic mass is 10.0. The summed E-state index contributed by atoms with van der Waals surface area (Å²) in [6.07, 6.45) is 39.9. The molecule has 0 aliphatic heterocycles. The van der Waals surface area contributed by atoms with Crippen molar-refractivity contribution in [3.63, 3.8) is 0 Å². The van der Waals surface area contributed by atoms with Crippen LogP contribution >= 0.6 is 0 Å². The average molecular weight is 578 g/mol. The highest BCUT2D eigenvalue weighted by molar-refractivity contribution is 5.78. The van der Waals surface area contributed by atoms with Crippen LogP contribution in [0.25, 0.3) is 0 Å². The van der Waals surface area contributed by atoms with Crippen molar-refractivity contribution in [2.75, 3.05) is 13.1 Å². The first-order valence-electron chi connectivity index (χ1n) is 18.9. The molecule has 0 amide bonds. The fraction of sp³-hybridized carbons (Fsp3) is 0.947. The fourth-order valence-corrected chi connectivity index (χ4v) is 5.88. The summed E-state index contributed by atoms with van der Waals surface area (Å²) >= 11 is 0. The highest BCUT2D eigenvalue weighted by Gasteiger charge is 2.04. The molecular formula is C38H75NO2. The summed E-state index contributed by atoms with van der Waals surface area (Å²) in [6, 6.07) is 0. The Labute approximate surface area is 258 Å². The molecule has 0 saturated carbocycles. The molecule has 0 heterocycles. The molecule has 0 radical (unpaired) electrons. The Morgan fingerprint density at radius 2 is 0.537 bits per heavy atom. The third kappa shape index (κ3) is 35.4. The predicted octanol–water partition coefficient (Wildman–Crippen LogP) is 12.2. The van der Waals surface area contributed by atoms with E-state index in [1.54, 1.807) is 0 Å². The maximum absolute atomic E-state index is 12.1. The number of ketones is 2. The Morgan fingerprint density at radius 1 is 0.317 bits per heavy atom. The Kier molecular flexibility index (Phi) is 34.9. The van der Waals surface area contributed by atoms with E-state index in [1.165, 1.54) is 154 Å². The number of carbonyl (C=O) groups excluding carboxylic acids is 2. The third-order valence-corrected chi connectivity index (χ3v) is 8.74. The highest BCUT2D eigenvalue weighted by Crippen LogP contribution is 2.15. The lowest BCUT2D eigenvalue weighted by Crippen LogP contribution is -2.18. The van der Waals surface area contributed by atoms with E-state index < -0.39 is 0 Å². The summed E-state index contributed by atoms with van der Waals surface area (Å²) in [7, 11) is 0. The Morgan fingerprint density at radius 3 is 0.805 bits per heavy atom. The molecule has 0 aliphatic carbocycles. The number of hydrogen-bond acceptors (Lipinski definition) is 3. The maximum atomic E-state index is 12.1. The molecule has 3 heteroatoms. The minimum Gasteiger partial charge on any atom is -0.317 e. The quantitative estimate of drug-likeness (QED) is 0.0753. The zero-order valence-electron chi connectivity index (χ0n) is 28.4. The Bertz CT molecular complexity index is 486. The number of Topliss-reactive ketones (excluding diaryl/α,β-unsaturated/α-hetero) is 2. The minimum absolute atomic E-state index is 0.433. The van der Waals surface area contributed by atoms with Gasteiger partial charge in [-0.05, 0) is 38.8 Å². The molecule has 1 N–H and O–H groups in total. The van der Waals surface area contributed by atoms with Gasteiger partial charge >= 0.3 is 0 Å². The van der Waals surface area contributed by atoms with Crippen LogP contribution in [0.2, 0.25) is 0 Å². The van der Waals surface area contributed by atoms with E-state index in [-0.39, 0.29) is 0 Å². The summed E-state index contributed by atoms with van der Waals surface area (Å²) in [5, 5.41) is 3.43. The van der Waals surface area contributed by atoms with Crippen LogP contribution in [0.3, 0.4) is 0 Å². The van der Waals surface area contributed by atoms with Gasteiger partial charge in [0.1, 0.15) is 11.6 Å². The van der Waals surface area contributed by atoms with Gasteiger partial charge in [0.15, 0.2) is 0 Å². The van der Waals surface area contributed by atoms with Gasteiger partial charge < -0.3 is 5.32 Å². The number of nitrogens with one attached hydrogen (secondary N) is 1. The lowest BCUT2D eigenvalue weighted by Gasteiger charge is -2.06. The van der Waals surface area contributed by atoms with Gasteiger partial charge in [-0.2, -0.15) is 0 Å². The van der Waals surface area contributed by atoms with Crippen molar-refractivity contribution >= 4 is 11.6 Å². The molecule has 0 rings (SSSR count). The summed E-state index contributed by atoms with van der Waals surface area (Å²) in [5.74, 6) is 0.866. The zero-order valence-corrected chi connectivity index (χ0v) is 28.4. The molecule has 0 aromatic carbocycles. The summed E-state index contributed by atoms with van der Waals surface area (Å²) in [6.45, 7) is 6.36. The summed E-state index contributed by atoms with van der Waals surface area (Å²) in [4.78, 5) is 24.2. The largest absolute Gasteiger partial charge is 0.317 e. The molecule has 3 nitrogen and oxygen atoms in total. The van der Waals surface area contributed by atoms with Gasteiger partial charge in [-0.3, -0.25) is 9.59 Å². The van der Waals surface area contributed by atoms with Crippen LogP contribution in [-0.2, 0) is 9.59 Å². The first-order chi connectivity index (χ1) is 20.2. The second-order valence-corrected chi connectivity index (χ2v) is 13.0. The first-order valence-corrected chi connectivity index (χ1v) is 18.9. The van der Waals surface area contributed by atoms with Crippen LogP contribution in [-0.4, -0.2) is 24.7 Å². The van der Waals surface area contributed by atoms with Crippen LogP contribution in [0.15, 0.2) is 0 Å². The number of rotatable bonds is 36. The Balaban J connectivity index is 3.25. The third-order valence-electron chi connectivity index (χ3n) is 8.74. The monoisotopic (exact) mass is 578 g/mol. The van der Waals surface area contributed by atoms with E-state index in [0.29, 0.717) is 24.4 Å². The first kappa shape index (κ1) is 40.3. The van der Waals surface area contributed by atoms with Crippen molar-refractivity contribution in [2.45, 2.75) is 219 Å². The SMILES string of the molecule is CCCCCCCCCCCCCCCC(=O)CCCNCCCC(=O)CCCCCCCCCCCCCCC. The molecule has 0 aromatic rings. The summed E-state index contributed by atoms with van der Waals surface area (Å²) < 4.78 is 0. The van der Waals surface area contributed by atoms with Crippen LogP contribution in [0.4, 0.5) is 0 Å². The maximum Gasteiger partial charge on any atom is 0.132 e. The molecule has 0 aliphatic rings. The fourth-order valence-electron chi connectivity index (χ4n) is 5.88. The van der Waals surface area contributed by atoms with Crippen molar-refractivity contribution in [2.24, 2.45) is 0 Å². The van der Waals surface area contributed by atoms with Crippen molar-refractivity contribution in [1.29, 1.82) is 0 Å². The lowest BCUT2D eigenvalue weighted by molar-refractivity contribution is -0.120. The van der Waals surface area contributed by atoms with E-state index >= 15 is 0 Å². The van der Waals surface area contributed by atoms with Crippen LogP contribution in [0.5, 0.6) is 0 Å². The van der Waals surface area contributed by atoms with Crippen LogP contribution in [0.1, 0.15) is 219 Å². The van der Waals surface area contributed by atoms with E-state index in [2.05, 4.69) is 19.2 Å². The van der Waals surface area contributed by atoms with E-state index in [0.717, 1.165) is 51.6 Å². The molecule has 0 saturated heterocycles. The zero-order chi connectivity index (χ0) is 29.9. The molecule has 0 unspecified atom stereocenters. The molecule has 0 atom stereocenters. The van der Waals surface area contributed by atoms with E-state index in [9.17, 15) is 9.59 Å². The molecular weight excluding hydrogens is 502 g/mol. The van der Waals surface area contributed by atoms with Crippen molar-refractivity contribution < 1.29 is 9.59 Å². The number of hydrogen-bond donors (Lipinski definition) is 1. The molecule has 0 fully saturated rings. The topological polar surface area (TPSA) is 46.2 Å². The van der Waals surface area contributed by atoms with Gasteiger partial charge in [0, 0.05) is 25.7 Å². The number of carbonyl (C=O) groups is 2. The van der Waals surface area contributed by atoms with Gasteiger partial charge in [0.2, 0.25) is 0 Å². The molecule has 0 aromatic heterocycles. The van der Waals surface area contributed by atoms with Crippen LogP contribution in [0, 0.1) is 0 Å². The van der Waals surface area contributed by atoms with Gasteiger partial charge in [-0.25, -0.2) is 0 Å². The summed E-state index contributed by atoms with van der Waals surface area (Å²) in [5.41, 5.74) is 0. The van der Waals surface area contributed by atoms with Crippen molar-refractivity contribution in [3.8, 4) is 0 Å². The molecule has 0 spiro atoms. The van der Waals surface area contributed by atoms with E-state index in [4.69, 9.17) is 0 Å². The number of unbranched alkanes of at least 4 members (excludes halogenated alkanes) is 24. The second-order valence-electron chi connectivity index (χ2n) is 13.0. The molecule has 41 heavy (non-hydrogen) atoms.